The summed E-state index contributed by atoms with van der Waals surface area (Å²) in [6, 6.07) is 7.30. The number of anilines is 1. The standard InChI is InChI=1S/C21H29N3O3/c1-27-18-8-3-2-7-17(18)24-10-9-16(21(24)26)23-20(25)15-11-13-5-4-6-14(12-15)19(13)22/h2-3,7-8,13-16,19H,4-6,9-12,22H2,1H3,(H,23,25). The topological polar surface area (TPSA) is 84.7 Å². The molecule has 2 aliphatic carbocycles. The van der Waals surface area contributed by atoms with Gasteiger partial charge in [0, 0.05) is 18.5 Å². The number of para-hydroxylation sites is 2. The minimum Gasteiger partial charge on any atom is -0.495 e. The maximum absolute atomic E-state index is 12.9. The summed E-state index contributed by atoms with van der Waals surface area (Å²) in [5, 5.41) is 3.03. The highest BCUT2D eigenvalue weighted by Crippen LogP contribution is 2.42. The van der Waals surface area contributed by atoms with Gasteiger partial charge in [0.2, 0.25) is 11.8 Å². The van der Waals surface area contributed by atoms with E-state index < -0.39 is 6.04 Å². The van der Waals surface area contributed by atoms with E-state index in [1.807, 2.05) is 24.3 Å². The smallest absolute Gasteiger partial charge is 0.249 e. The Morgan fingerprint density at radius 3 is 2.59 bits per heavy atom. The van der Waals surface area contributed by atoms with E-state index in [9.17, 15) is 9.59 Å². The van der Waals surface area contributed by atoms with Crippen molar-refractivity contribution in [3.05, 3.63) is 24.3 Å². The first kappa shape index (κ1) is 18.3. The third-order valence-electron chi connectivity index (χ3n) is 6.68. The van der Waals surface area contributed by atoms with Crippen molar-refractivity contribution in [2.24, 2.45) is 23.5 Å². The number of nitrogens with one attached hydrogen (secondary N) is 1. The Morgan fingerprint density at radius 2 is 1.89 bits per heavy atom. The number of hydrogen-bond acceptors (Lipinski definition) is 4. The molecule has 1 aliphatic heterocycles. The van der Waals surface area contributed by atoms with Crippen LogP contribution in [0.15, 0.2) is 24.3 Å². The van der Waals surface area contributed by atoms with E-state index in [1.54, 1.807) is 12.0 Å². The minimum atomic E-state index is -0.446. The van der Waals surface area contributed by atoms with Crippen LogP contribution in [0.1, 0.15) is 38.5 Å². The number of amides is 2. The maximum atomic E-state index is 12.9. The van der Waals surface area contributed by atoms with Crippen LogP contribution in [0.3, 0.4) is 0 Å². The molecule has 0 spiro atoms. The fraction of sp³-hybridized carbons (Fsp3) is 0.619. The molecule has 3 atom stereocenters. The Kier molecular flexibility index (Phi) is 5.08. The number of nitrogens with two attached hydrogens (primary N) is 1. The lowest BCUT2D eigenvalue weighted by molar-refractivity contribution is -0.131. The Morgan fingerprint density at radius 1 is 1.19 bits per heavy atom. The Balaban J connectivity index is 1.40. The van der Waals surface area contributed by atoms with Gasteiger partial charge in [-0.2, -0.15) is 0 Å². The van der Waals surface area contributed by atoms with Gasteiger partial charge in [0.1, 0.15) is 11.8 Å². The van der Waals surface area contributed by atoms with Crippen LogP contribution in [-0.4, -0.2) is 37.6 Å². The van der Waals surface area contributed by atoms with Gasteiger partial charge in [0.25, 0.3) is 0 Å². The molecule has 27 heavy (non-hydrogen) atoms. The van der Waals surface area contributed by atoms with Crippen molar-refractivity contribution in [1.29, 1.82) is 0 Å². The first-order chi connectivity index (χ1) is 13.1. The summed E-state index contributed by atoms with van der Waals surface area (Å²) >= 11 is 0. The zero-order valence-electron chi connectivity index (χ0n) is 15.9. The van der Waals surface area contributed by atoms with Gasteiger partial charge in [0.15, 0.2) is 0 Å². The van der Waals surface area contributed by atoms with E-state index in [2.05, 4.69) is 5.32 Å². The van der Waals surface area contributed by atoms with Gasteiger partial charge in [-0.05, 0) is 56.1 Å². The van der Waals surface area contributed by atoms with Crippen LogP contribution in [0.25, 0.3) is 0 Å². The summed E-state index contributed by atoms with van der Waals surface area (Å²) < 4.78 is 5.38. The molecule has 6 nitrogen and oxygen atoms in total. The predicted molar refractivity (Wildman–Crippen MR) is 103 cm³/mol. The predicted octanol–water partition coefficient (Wildman–Crippen LogP) is 2.07. The quantitative estimate of drug-likeness (QED) is 0.849. The minimum absolute atomic E-state index is 0.00629. The van der Waals surface area contributed by atoms with Gasteiger partial charge < -0.3 is 20.7 Å². The summed E-state index contributed by atoms with van der Waals surface area (Å²) in [6.45, 7) is 0.588. The fourth-order valence-corrected chi connectivity index (χ4v) is 5.20. The van der Waals surface area contributed by atoms with E-state index in [-0.39, 0.29) is 23.8 Å². The summed E-state index contributed by atoms with van der Waals surface area (Å²) in [5.41, 5.74) is 7.10. The summed E-state index contributed by atoms with van der Waals surface area (Å²) in [5.74, 6) is 1.55. The fourth-order valence-electron chi connectivity index (χ4n) is 5.20. The molecule has 2 saturated carbocycles. The van der Waals surface area contributed by atoms with Crippen molar-refractivity contribution >= 4 is 17.5 Å². The molecule has 3 N–H and O–H groups in total. The summed E-state index contributed by atoms with van der Waals surface area (Å²) in [4.78, 5) is 27.5. The number of benzene rings is 1. The van der Waals surface area contributed by atoms with E-state index in [1.165, 1.54) is 6.42 Å². The number of hydrogen-bond donors (Lipinski definition) is 2. The molecular formula is C21H29N3O3. The molecule has 3 fully saturated rings. The van der Waals surface area contributed by atoms with Gasteiger partial charge in [-0.15, -0.1) is 0 Å². The molecule has 0 aromatic heterocycles. The van der Waals surface area contributed by atoms with Gasteiger partial charge >= 0.3 is 0 Å². The molecule has 1 aromatic rings. The van der Waals surface area contributed by atoms with Gasteiger partial charge in [-0.25, -0.2) is 0 Å². The lowest BCUT2D eigenvalue weighted by Crippen LogP contribution is -2.51. The largest absolute Gasteiger partial charge is 0.495 e. The second kappa shape index (κ2) is 7.50. The molecule has 1 saturated heterocycles. The van der Waals surface area contributed by atoms with Crippen LogP contribution in [-0.2, 0) is 9.59 Å². The molecule has 2 bridgehead atoms. The molecule has 146 valence electrons. The van der Waals surface area contributed by atoms with E-state index in [4.69, 9.17) is 10.5 Å². The third kappa shape index (κ3) is 3.43. The number of carbonyl (C=O) groups excluding carboxylic acids is 2. The number of carbonyl (C=O) groups is 2. The Hall–Kier alpha value is -2.08. The van der Waals surface area contributed by atoms with Crippen molar-refractivity contribution in [3.8, 4) is 5.75 Å². The normalized spacial score (nSPS) is 33.0. The van der Waals surface area contributed by atoms with E-state index in [0.29, 0.717) is 30.6 Å². The number of ether oxygens (including phenoxy) is 1. The van der Waals surface area contributed by atoms with Crippen LogP contribution in [0.5, 0.6) is 5.75 Å². The monoisotopic (exact) mass is 371 g/mol. The highest BCUT2D eigenvalue weighted by Gasteiger charge is 2.42. The van der Waals surface area contributed by atoms with Crippen LogP contribution >= 0.6 is 0 Å². The molecule has 1 heterocycles. The van der Waals surface area contributed by atoms with Crippen molar-refractivity contribution < 1.29 is 14.3 Å². The highest BCUT2D eigenvalue weighted by atomic mass is 16.5. The molecule has 3 aliphatic rings. The van der Waals surface area contributed by atoms with Crippen LogP contribution in [0.4, 0.5) is 5.69 Å². The number of fused-ring (bicyclic) bond motifs is 2. The van der Waals surface area contributed by atoms with Crippen molar-refractivity contribution in [2.45, 2.75) is 50.6 Å². The zero-order chi connectivity index (χ0) is 19.0. The Labute approximate surface area is 160 Å². The summed E-state index contributed by atoms with van der Waals surface area (Å²) in [7, 11) is 1.60. The molecule has 4 rings (SSSR count). The molecule has 6 heteroatoms. The first-order valence-electron chi connectivity index (χ1n) is 10.1. The number of methoxy groups -OCH3 is 1. The first-order valence-corrected chi connectivity index (χ1v) is 10.1. The SMILES string of the molecule is COc1ccccc1N1CCC(NC(=O)C2CC3CCCC(C2)C3N)C1=O. The second-order valence-corrected chi connectivity index (χ2v) is 8.21. The average molecular weight is 371 g/mol. The summed E-state index contributed by atoms with van der Waals surface area (Å²) in [6.07, 6.45) is 5.84. The average Bonchev–Trinajstić information content (AvgIpc) is 3.01. The maximum Gasteiger partial charge on any atom is 0.249 e. The van der Waals surface area contributed by atoms with Crippen LogP contribution in [0.2, 0.25) is 0 Å². The lowest BCUT2D eigenvalue weighted by atomic mass is 9.65. The molecule has 0 radical (unpaired) electrons. The Bertz CT molecular complexity index is 708. The van der Waals surface area contributed by atoms with E-state index in [0.717, 1.165) is 31.4 Å². The van der Waals surface area contributed by atoms with Crippen molar-refractivity contribution in [1.82, 2.24) is 5.32 Å². The third-order valence-corrected chi connectivity index (χ3v) is 6.68. The number of rotatable bonds is 4. The van der Waals surface area contributed by atoms with E-state index >= 15 is 0 Å². The molecule has 1 aromatic carbocycles. The van der Waals surface area contributed by atoms with Crippen molar-refractivity contribution in [3.63, 3.8) is 0 Å². The van der Waals surface area contributed by atoms with Gasteiger partial charge in [-0.3, -0.25) is 9.59 Å². The molecule has 3 unspecified atom stereocenters. The van der Waals surface area contributed by atoms with Crippen molar-refractivity contribution in [2.75, 3.05) is 18.6 Å². The second-order valence-electron chi connectivity index (χ2n) is 8.21. The lowest BCUT2D eigenvalue weighted by Gasteiger charge is -2.43. The van der Waals surface area contributed by atoms with Gasteiger partial charge in [-0.1, -0.05) is 18.6 Å². The zero-order valence-corrected chi connectivity index (χ0v) is 15.9. The molecular weight excluding hydrogens is 342 g/mol. The van der Waals surface area contributed by atoms with Gasteiger partial charge in [0.05, 0.1) is 12.8 Å². The molecule has 2 amide bonds. The van der Waals surface area contributed by atoms with Crippen LogP contribution < -0.4 is 20.7 Å². The highest BCUT2D eigenvalue weighted by molar-refractivity contribution is 6.02. The number of nitrogens with zero attached hydrogens (tertiary/aromatic N) is 1. The van der Waals surface area contributed by atoms with Crippen LogP contribution in [0, 0.1) is 17.8 Å².